The number of nitrogens with one attached hydrogen (secondary N) is 1. The van der Waals surface area contributed by atoms with Gasteiger partial charge in [-0.2, -0.15) is 0 Å². The highest BCUT2D eigenvalue weighted by molar-refractivity contribution is 6.30. The summed E-state index contributed by atoms with van der Waals surface area (Å²) in [6.45, 7) is 1.04. The number of likely N-dealkylation sites (tertiary alicyclic amines) is 1. The maximum absolute atomic E-state index is 11.2. The topological polar surface area (TPSA) is 78.6 Å². The van der Waals surface area contributed by atoms with Gasteiger partial charge >= 0.3 is 6.09 Å². The molecule has 3 aromatic carbocycles. The fourth-order valence-corrected chi connectivity index (χ4v) is 4.45. The van der Waals surface area contributed by atoms with Crippen molar-refractivity contribution in [3.8, 4) is 0 Å². The molecule has 5 nitrogen and oxygen atoms in total. The summed E-state index contributed by atoms with van der Waals surface area (Å²) in [7, 11) is 0. The maximum atomic E-state index is 11.2. The molecule has 0 unspecified atom stereocenters. The molecule has 1 aliphatic rings. The Morgan fingerprint density at radius 2 is 1.41 bits per heavy atom. The lowest BCUT2D eigenvalue weighted by Crippen LogP contribution is -2.41. The number of piperidine rings is 1. The molecule has 3 aromatic rings. The summed E-state index contributed by atoms with van der Waals surface area (Å²) in [4.78, 5) is 12.6. The van der Waals surface area contributed by atoms with Crippen molar-refractivity contribution in [2.45, 2.75) is 24.8 Å². The van der Waals surface area contributed by atoms with Gasteiger partial charge < -0.3 is 21.1 Å². The summed E-state index contributed by atoms with van der Waals surface area (Å²) >= 11 is 12.3. The van der Waals surface area contributed by atoms with E-state index in [1.165, 1.54) is 4.90 Å². The molecule has 7 heteroatoms. The van der Waals surface area contributed by atoms with Crippen molar-refractivity contribution in [2.24, 2.45) is 0 Å². The minimum atomic E-state index is -0.862. The van der Waals surface area contributed by atoms with Crippen LogP contribution in [-0.4, -0.2) is 35.2 Å². The van der Waals surface area contributed by atoms with Gasteiger partial charge in [-0.15, -0.1) is 0 Å². The Kier molecular flexibility index (Phi) is 6.77. The van der Waals surface area contributed by atoms with Gasteiger partial charge in [0.05, 0.1) is 11.4 Å². The molecular weight excluding hydrogens is 445 g/mol. The summed E-state index contributed by atoms with van der Waals surface area (Å²) in [5.41, 5.74) is 11.1. The Labute approximate surface area is 197 Å². The van der Waals surface area contributed by atoms with E-state index < -0.39 is 6.09 Å². The molecule has 0 spiro atoms. The maximum Gasteiger partial charge on any atom is 0.407 e. The molecule has 1 heterocycles. The summed E-state index contributed by atoms with van der Waals surface area (Å²) in [6, 6.07) is 21.9. The van der Waals surface area contributed by atoms with Gasteiger partial charge in [-0.05, 0) is 65.9 Å². The molecule has 0 bridgehead atoms. The smallest absolute Gasteiger partial charge is 0.407 e. The Bertz CT molecular complexity index is 1030. The zero-order valence-corrected chi connectivity index (χ0v) is 19.0. The highest BCUT2D eigenvalue weighted by Crippen LogP contribution is 2.36. The van der Waals surface area contributed by atoms with Gasteiger partial charge in [-0.3, -0.25) is 0 Å². The summed E-state index contributed by atoms with van der Waals surface area (Å²) in [6.07, 6.45) is 0.625. The first kappa shape index (κ1) is 22.3. The summed E-state index contributed by atoms with van der Waals surface area (Å²) in [5, 5.41) is 14.1. The standard InChI is InChI=1S/C25H25Cl2N3O2/c26-19-6-1-16(2-7-19)24(17-3-8-20(27)9-4-17)18-5-10-22(28)23(15-18)29-21-11-13-30(14-12-21)25(31)32/h1-10,15,21,24,29H,11-14,28H2,(H,31,32). The van der Waals surface area contributed by atoms with E-state index in [0.29, 0.717) is 28.8 Å². The fraction of sp³-hybridized carbons (Fsp3) is 0.240. The van der Waals surface area contributed by atoms with Crippen LogP contribution in [-0.2, 0) is 0 Å². The number of rotatable bonds is 5. The van der Waals surface area contributed by atoms with Crippen LogP contribution in [0.2, 0.25) is 10.0 Å². The molecule has 32 heavy (non-hydrogen) atoms. The third-order valence-corrected chi connectivity index (χ3v) is 6.45. The van der Waals surface area contributed by atoms with Crippen LogP contribution in [0.4, 0.5) is 16.2 Å². The molecule has 0 aromatic heterocycles. The fourth-order valence-electron chi connectivity index (χ4n) is 4.20. The van der Waals surface area contributed by atoms with Crippen molar-refractivity contribution in [1.29, 1.82) is 0 Å². The second-order valence-electron chi connectivity index (χ2n) is 8.07. The van der Waals surface area contributed by atoms with Crippen LogP contribution in [0.15, 0.2) is 66.7 Å². The number of hydrogen-bond acceptors (Lipinski definition) is 3. The molecule has 0 aliphatic carbocycles. The number of hydrogen-bond donors (Lipinski definition) is 3. The number of halogens is 2. The number of nitrogens with two attached hydrogens (primary N) is 1. The van der Waals surface area contributed by atoms with Crippen LogP contribution >= 0.6 is 23.2 Å². The zero-order valence-electron chi connectivity index (χ0n) is 17.5. The van der Waals surface area contributed by atoms with E-state index in [-0.39, 0.29) is 12.0 Å². The van der Waals surface area contributed by atoms with Crippen LogP contribution in [0.3, 0.4) is 0 Å². The second-order valence-corrected chi connectivity index (χ2v) is 8.94. The lowest BCUT2D eigenvalue weighted by Gasteiger charge is -2.31. The summed E-state index contributed by atoms with van der Waals surface area (Å²) in [5.74, 6) is -0.0143. The monoisotopic (exact) mass is 469 g/mol. The Morgan fingerprint density at radius 3 is 1.91 bits per heavy atom. The predicted molar refractivity (Wildman–Crippen MR) is 131 cm³/mol. The molecule has 1 amide bonds. The molecule has 1 aliphatic heterocycles. The number of benzene rings is 3. The first-order chi connectivity index (χ1) is 15.4. The van der Waals surface area contributed by atoms with E-state index >= 15 is 0 Å². The number of carboxylic acid groups (broad SMARTS) is 1. The first-order valence-corrected chi connectivity index (χ1v) is 11.3. The summed E-state index contributed by atoms with van der Waals surface area (Å²) < 4.78 is 0. The highest BCUT2D eigenvalue weighted by Gasteiger charge is 2.23. The van der Waals surface area contributed by atoms with Gasteiger partial charge in [0.25, 0.3) is 0 Å². The van der Waals surface area contributed by atoms with Gasteiger partial charge in [0.1, 0.15) is 0 Å². The average Bonchev–Trinajstić information content (AvgIpc) is 2.79. The van der Waals surface area contributed by atoms with Gasteiger partial charge in [-0.25, -0.2) is 4.79 Å². The molecule has 1 fully saturated rings. The van der Waals surface area contributed by atoms with Crippen LogP contribution in [0, 0.1) is 0 Å². The molecule has 0 atom stereocenters. The van der Waals surface area contributed by atoms with Crippen molar-refractivity contribution in [2.75, 3.05) is 24.1 Å². The number of amides is 1. The number of nitrogen functional groups attached to an aromatic ring is 1. The minimum Gasteiger partial charge on any atom is -0.465 e. The van der Waals surface area contributed by atoms with E-state index in [1.807, 2.05) is 60.7 Å². The second kappa shape index (κ2) is 9.72. The van der Waals surface area contributed by atoms with E-state index in [1.54, 1.807) is 0 Å². The van der Waals surface area contributed by atoms with Gasteiger partial charge in [0, 0.05) is 35.1 Å². The normalized spacial score (nSPS) is 14.5. The number of carbonyl (C=O) groups is 1. The van der Waals surface area contributed by atoms with Crippen molar-refractivity contribution in [1.82, 2.24) is 4.90 Å². The quantitative estimate of drug-likeness (QED) is 0.302. The molecule has 1 saturated heterocycles. The van der Waals surface area contributed by atoms with E-state index in [0.717, 1.165) is 35.2 Å². The Morgan fingerprint density at radius 1 is 0.906 bits per heavy atom. The van der Waals surface area contributed by atoms with E-state index in [4.69, 9.17) is 28.9 Å². The third-order valence-electron chi connectivity index (χ3n) is 5.94. The van der Waals surface area contributed by atoms with Gasteiger partial charge in [-0.1, -0.05) is 53.5 Å². The largest absolute Gasteiger partial charge is 0.465 e. The number of anilines is 2. The highest BCUT2D eigenvalue weighted by atomic mass is 35.5. The van der Waals surface area contributed by atoms with Crippen LogP contribution in [0.1, 0.15) is 35.4 Å². The lowest BCUT2D eigenvalue weighted by atomic mass is 9.85. The van der Waals surface area contributed by atoms with Crippen molar-refractivity contribution in [3.05, 3.63) is 93.5 Å². The third kappa shape index (κ3) is 5.12. The van der Waals surface area contributed by atoms with Crippen LogP contribution in [0.5, 0.6) is 0 Å². The Hall–Kier alpha value is -2.89. The molecule has 166 valence electrons. The van der Waals surface area contributed by atoms with E-state index in [2.05, 4.69) is 11.4 Å². The zero-order chi connectivity index (χ0) is 22.7. The van der Waals surface area contributed by atoms with E-state index in [9.17, 15) is 9.90 Å². The van der Waals surface area contributed by atoms with Gasteiger partial charge in [0.15, 0.2) is 0 Å². The molecule has 4 rings (SSSR count). The van der Waals surface area contributed by atoms with Crippen LogP contribution < -0.4 is 11.1 Å². The van der Waals surface area contributed by atoms with Crippen molar-refractivity contribution in [3.63, 3.8) is 0 Å². The predicted octanol–water partition coefficient (Wildman–Crippen LogP) is 6.31. The average molecular weight is 470 g/mol. The van der Waals surface area contributed by atoms with Crippen LogP contribution in [0.25, 0.3) is 0 Å². The van der Waals surface area contributed by atoms with Gasteiger partial charge in [0.2, 0.25) is 0 Å². The lowest BCUT2D eigenvalue weighted by molar-refractivity contribution is 0.134. The first-order valence-electron chi connectivity index (χ1n) is 10.6. The minimum absolute atomic E-state index is 0.0143. The molecule has 0 saturated carbocycles. The van der Waals surface area contributed by atoms with Crippen molar-refractivity contribution >= 4 is 40.7 Å². The molecule has 4 N–H and O–H groups in total. The SMILES string of the molecule is Nc1ccc(C(c2ccc(Cl)cc2)c2ccc(Cl)cc2)cc1NC1CCN(C(=O)O)CC1. The molecule has 0 radical (unpaired) electrons. The molecular formula is C25H25Cl2N3O2. The van der Waals surface area contributed by atoms with Crippen molar-refractivity contribution < 1.29 is 9.90 Å². The number of nitrogens with zero attached hydrogens (tertiary/aromatic N) is 1. The Balaban J connectivity index is 1.64.